The molecule has 1 aromatic carbocycles. The number of carbonyl (C=O) groups excluding carboxylic acids is 8. The molecule has 66 heavy (non-hydrogen) atoms. The third-order valence-corrected chi connectivity index (χ3v) is 11.2. The highest BCUT2D eigenvalue weighted by molar-refractivity contribution is 5.97. The molecular formula is C44H72N12O10. The van der Waals surface area contributed by atoms with E-state index in [-0.39, 0.29) is 75.8 Å². The van der Waals surface area contributed by atoms with Gasteiger partial charge in [0.15, 0.2) is 5.96 Å². The Labute approximate surface area is 386 Å². The van der Waals surface area contributed by atoms with Crippen LogP contribution in [0.2, 0.25) is 0 Å². The van der Waals surface area contributed by atoms with Crippen LogP contribution in [0.5, 0.6) is 0 Å². The van der Waals surface area contributed by atoms with E-state index in [1.165, 1.54) is 4.90 Å². The van der Waals surface area contributed by atoms with Crippen LogP contribution in [0.4, 0.5) is 0 Å². The summed E-state index contributed by atoms with van der Waals surface area (Å²) in [5.74, 6) is -7.70. The average molecular weight is 929 g/mol. The molecule has 1 aromatic rings. The number of benzene rings is 1. The predicted octanol–water partition coefficient (Wildman–Crippen LogP) is -1.76. The second-order valence-electron chi connectivity index (χ2n) is 17.5. The number of carbonyl (C=O) groups is 9. The Morgan fingerprint density at radius 2 is 1.41 bits per heavy atom. The number of primary amides is 1. The fourth-order valence-electron chi connectivity index (χ4n) is 7.23. The van der Waals surface area contributed by atoms with E-state index >= 15 is 0 Å². The minimum atomic E-state index is -1.19. The van der Waals surface area contributed by atoms with Gasteiger partial charge in [-0.1, -0.05) is 78.3 Å². The molecule has 1 heterocycles. The maximum Gasteiger partial charge on any atom is 0.303 e. The molecule has 1 aliphatic heterocycles. The predicted molar refractivity (Wildman–Crippen MR) is 245 cm³/mol. The smallest absolute Gasteiger partial charge is 0.303 e. The maximum atomic E-state index is 13.9. The SMILES string of the molecule is CC[C@H](C)[C@H](NC(=O)[C@@H](N)CCC(=O)O)C(=O)N1CCC[C@H]1C(=O)NCC(=O)N[C@H](C(=O)N[C@@H](CC(C)C)C(=O)N[C@@H](CCCN=C(N)N)C(=O)N[C@@H](Cc1ccccc1)C(N)=O)C(C)C. The minimum absolute atomic E-state index is 0.0522. The van der Waals surface area contributed by atoms with E-state index in [2.05, 4.69) is 36.9 Å². The molecule has 0 spiro atoms. The molecule has 8 atom stereocenters. The summed E-state index contributed by atoms with van der Waals surface area (Å²) in [6, 6.07) is 1.10. The van der Waals surface area contributed by atoms with Crippen molar-refractivity contribution in [3.05, 3.63) is 35.9 Å². The number of guanidine groups is 1. The van der Waals surface area contributed by atoms with Gasteiger partial charge in [-0.2, -0.15) is 0 Å². The van der Waals surface area contributed by atoms with Gasteiger partial charge in [-0.05, 0) is 61.8 Å². The zero-order chi connectivity index (χ0) is 49.7. The van der Waals surface area contributed by atoms with Gasteiger partial charge in [0.25, 0.3) is 0 Å². The molecule has 15 N–H and O–H groups in total. The maximum absolute atomic E-state index is 13.9. The summed E-state index contributed by atoms with van der Waals surface area (Å²) in [6.45, 7) is 10.4. The second kappa shape index (κ2) is 27.9. The van der Waals surface area contributed by atoms with Gasteiger partial charge in [-0.3, -0.25) is 48.1 Å². The summed E-state index contributed by atoms with van der Waals surface area (Å²) in [7, 11) is 0. The number of nitrogens with zero attached hydrogens (tertiary/aromatic N) is 2. The number of rotatable bonds is 28. The normalized spacial score (nSPS) is 16.6. The standard InChI is InChI=1S/C44H72N12O10/c1-7-26(6)36(55-38(61)28(45)17-18-34(58)59)43(66)56-20-12-16-32(56)41(64)50-23-33(57)54-35(25(4)5)42(65)53-31(21-24(2)3)40(63)51-29(15-11-19-49-44(47)48)39(62)52-30(37(46)60)22-27-13-9-8-10-14-27/h8-10,13-14,24-26,28-32,35-36H,7,11-12,15-23,45H2,1-6H3,(H2,46,60)(H,50,64)(H,51,63)(H,52,62)(H,53,65)(H,54,57)(H,55,61)(H,58,59)(H4,47,48,49)/t26-,28-,29-,30-,31-,32-,35-,36-/m0/s1. The van der Waals surface area contributed by atoms with Gasteiger partial charge in [0.2, 0.25) is 47.3 Å². The van der Waals surface area contributed by atoms with Crippen molar-refractivity contribution in [2.24, 2.45) is 45.7 Å². The Morgan fingerprint density at radius 3 is 1.98 bits per heavy atom. The number of amides is 8. The summed E-state index contributed by atoms with van der Waals surface area (Å²) in [4.78, 5) is 123. The lowest BCUT2D eigenvalue weighted by molar-refractivity contribution is -0.143. The summed E-state index contributed by atoms with van der Waals surface area (Å²) in [5.41, 5.74) is 23.2. The molecule has 0 aliphatic carbocycles. The van der Waals surface area contributed by atoms with Gasteiger partial charge < -0.3 is 64.8 Å². The molecule has 2 rings (SSSR count). The van der Waals surface area contributed by atoms with E-state index in [1.807, 2.05) is 20.8 Å². The zero-order valence-corrected chi connectivity index (χ0v) is 39.0. The van der Waals surface area contributed by atoms with Crippen molar-refractivity contribution in [2.75, 3.05) is 19.6 Å². The molecule has 1 fully saturated rings. The van der Waals surface area contributed by atoms with Crippen molar-refractivity contribution < 1.29 is 48.3 Å². The number of carboxylic acid groups (broad SMARTS) is 1. The first-order valence-electron chi connectivity index (χ1n) is 22.5. The largest absolute Gasteiger partial charge is 0.481 e. The van der Waals surface area contributed by atoms with Crippen molar-refractivity contribution >= 4 is 59.2 Å². The molecule has 8 amide bonds. The van der Waals surface area contributed by atoms with Gasteiger partial charge in [-0.15, -0.1) is 0 Å². The molecule has 0 radical (unpaired) electrons. The van der Waals surface area contributed by atoms with Crippen molar-refractivity contribution in [3.63, 3.8) is 0 Å². The number of likely N-dealkylation sites (tertiary alicyclic amines) is 1. The minimum Gasteiger partial charge on any atom is -0.481 e. The third-order valence-electron chi connectivity index (χ3n) is 11.2. The second-order valence-corrected chi connectivity index (χ2v) is 17.5. The number of hydrogen-bond acceptors (Lipinski definition) is 11. The zero-order valence-electron chi connectivity index (χ0n) is 39.0. The van der Waals surface area contributed by atoms with Crippen molar-refractivity contribution in [2.45, 2.75) is 142 Å². The molecule has 0 bridgehead atoms. The van der Waals surface area contributed by atoms with Crippen LogP contribution in [0, 0.1) is 17.8 Å². The monoisotopic (exact) mass is 929 g/mol. The fourth-order valence-corrected chi connectivity index (χ4v) is 7.23. The average Bonchev–Trinajstić information content (AvgIpc) is 3.76. The van der Waals surface area contributed by atoms with Crippen LogP contribution >= 0.6 is 0 Å². The van der Waals surface area contributed by atoms with E-state index in [0.29, 0.717) is 12.8 Å². The summed E-state index contributed by atoms with van der Waals surface area (Å²) >= 11 is 0. The summed E-state index contributed by atoms with van der Waals surface area (Å²) < 4.78 is 0. The third kappa shape index (κ3) is 19.0. The Kier molecular flexibility index (Phi) is 23.6. The van der Waals surface area contributed by atoms with Crippen molar-refractivity contribution in [3.8, 4) is 0 Å². The molecule has 22 nitrogen and oxygen atoms in total. The molecule has 368 valence electrons. The Hall–Kier alpha value is -6.32. The molecule has 1 aliphatic rings. The molecule has 0 saturated carbocycles. The lowest BCUT2D eigenvalue weighted by Crippen LogP contribution is -2.59. The Morgan fingerprint density at radius 1 is 0.788 bits per heavy atom. The number of aliphatic imine (C=N–C) groups is 1. The quantitative estimate of drug-likeness (QED) is 0.0252. The highest BCUT2D eigenvalue weighted by Crippen LogP contribution is 2.22. The van der Waals surface area contributed by atoms with Crippen molar-refractivity contribution in [1.29, 1.82) is 0 Å². The first kappa shape index (κ1) is 55.8. The summed E-state index contributed by atoms with van der Waals surface area (Å²) in [6.07, 6.45) is 1.34. The van der Waals surface area contributed by atoms with Crippen molar-refractivity contribution in [1.82, 2.24) is 36.8 Å². The van der Waals surface area contributed by atoms with Gasteiger partial charge in [0.05, 0.1) is 12.6 Å². The Bertz CT molecular complexity index is 1860. The van der Waals surface area contributed by atoms with E-state index in [0.717, 1.165) is 5.56 Å². The molecular weight excluding hydrogens is 857 g/mol. The van der Waals surface area contributed by atoms with Crippen LogP contribution in [-0.4, -0.2) is 131 Å². The number of carboxylic acids is 1. The van der Waals surface area contributed by atoms with Crippen LogP contribution < -0.4 is 54.8 Å². The highest BCUT2D eigenvalue weighted by Gasteiger charge is 2.40. The van der Waals surface area contributed by atoms with Crippen LogP contribution in [0.1, 0.15) is 98.5 Å². The van der Waals surface area contributed by atoms with Gasteiger partial charge in [0.1, 0.15) is 36.3 Å². The lowest BCUT2D eigenvalue weighted by Gasteiger charge is -2.32. The van der Waals surface area contributed by atoms with Gasteiger partial charge in [-0.25, -0.2) is 0 Å². The molecule has 1 saturated heterocycles. The fraction of sp³-hybridized carbons (Fsp3) is 0.636. The van der Waals surface area contributed by atoms with E-state index < -0.39 is 108 Å². The van der Waals surface area contributed by atoms with Crippen LogP contribution in [-0.2, 0) is 49.6 Å². The van der Waals surface area contributed by atoms with Crippen LogP contribution in [0.15, 0.2) is 35.3 Å². The molecule has 0 unspecified atom stereocenters. The van der Waals surface area contributed by atoms with E-state index in [1.54, 1.807) is 51.1 Å². The number of nitrogens with two attached hydrogens (primary N) is 4. The lowest BCUT2D eigenvalue weighted by atomic mass is 9.96. The van der Waals surface area contributed by atoms with Gasteiger partial charge >= 0.3 is 5.97 Å². The van der Waals surface area contributed by atoms with E-state index in [9.17, 15) is 43.2 Å². The van der Waals surface area contributed by atoms with Gasteiger partial charge in [0, 0.05) is 25.9 Å². The van der Waals surface area contributed by atoms with E-state index in [4.69, 9.17) is 28.0 Å². The molecule has 22 heteroatoms. The Balaban J connectivity index is 2.17. The van der Waals surface area contributed by atoms with Crippen LogP contribution in [0.3, 0.4) is 0 Å². The highest BCUT2D eigenvalue weighted by atomic mass is 16.4. The molecule has 0 aromatic heterocycles. The number of hydrogen-bond donors (Lipinski definition) is 11. The summed E-state index contributed by atoms with van der Waals surface area (Å²) in [5, 5.41) is 24.8. The van der Waals surface area contributed by atoms with Crippen LogP contribution in [0.25, 0.3) is 0 Å². The number of aliphatic carboxylic acids is 1. The topological polar surface area (TPSA) is 366 Å². The first-order valence-corrected chi connectivity index (χ1v) is 22.5. The number of nitrogens with one attached hydrogen (secondary N) is 6. The first-order chi connectivity index (χ1) is 31.0.